The van der Waals surface area contributed by atoms with E-state index in [0.717, 1.165) is 32.5 Å². The number of rotatable bonds is 16. The lowest BCUT2D eigenvalue weighted by Crippen LogP contribution is -2.36. The zero-order chi connectivity index (χ0) is 18.3. The van der Waals surface area contributed by atoms with Crippen molar-refractivity contribution in [3.05, 3.63) is 0 Å². The Hall–Kier alpha value is -0.160. The first-order valence-electron chi connectivity index (χ1n) is 9.92. The molecule has 0 N–H and O–H groups in total. The van der Waals surface area contributed by atoms with Crippen molar-refractivity contribution < 1.29 is 19.2 Å². The highest BCUT2D eigenvalue weighted by Gasteiger charge is 2.24. The summed E-state index contributed by atoms with van der Waals surface area (Å²) in [6.45, 7) is 15.6. The molecule has 0 radical (unpaired) electrons. The lowest BCUT2D eigenvalue weighted by Gasteiger charge is -2.27. The molecule has 0 aliphatic heterocycles. The van der Waals surface area contributed by atoms with Gasteiger partial charge < -0.3 is 9.47 Å². The van der Waals surface area contributed by atoms with Gasteiger partial charge in [0, 0.05) is 13.2 Å². The molecular weight excluding hydrogens is 304 g/mol. The number of ether oxygens (including phenoxy) is 2. The molecule has 0 aliphatic rings. The smallest absolute Gasteiger partial charge is 0.121 e. The van der Waals surface area contributed by atoms with Gasteiger partial charge in [-0.05, 0) is 24.7 Å². The van der Waals surface area contributed by atoms with Crippen molar-refractivity contribution in [2.24, 2.45) is 5.41 Å². The first-order valence-corrected chi connectivity index (χ1v) is 9.92. The van der Waals surface area contributed by atoms with E-state index in [1.54, 1.807) is 0 Å². The second-order valence-corrected chi connectivity index (χ2v) is 7.76. The highest BCUT2D eigenvalue weighted by molar-refractivity contribution is 4.69. The Balaban J connectivity index is 4.31. The normalized spacial score (nSPS) is 14.8. The molecule has 0 aliphatic carbocycles. The second kappa shape index (κ2) is 15.1. The summed E-state index contributed by atoms with van der Waals surface area (Å²) in [4.78, 5) is 11.1. The first kappa shape index (κ1) is 23.8. The lowest BCUT2D eigenvalue weighted by molar-refractivity contribution is -0.352. The zero-order valence-corrected chi connectivity index (χ0v) is 17.1. The molecule has 2 unspecified atom stereocenters. The maximum absolute atomic E-state index is 6.06. The summed E-state index contributed by atoms with van der Waals surface area (Å²) >= 11 is 0. The van der Waals surface area contributed by atoms with E-state index in [9.17, 15) is 0 Å². The molecule has 24 heavy (non-hydrogen) atoms. The number of unbranched alkanes of at least 4 members (excludes halogenated alkanes) is 4. The maximum Gasteiger partial charge on any atom is 0.121 e. The standard InChI is InChI=1S/C20H42O4/c1-7-10-12-14-21-16-19(22-15-13-11-8-2)18(9-3)24-23-17-20(4,5)6/h18-19H,7-17H2,1-6H3. The predicted octanol–water partition coefficient (Wildman–Crippen LogP) is 5.54. The largest absolute Gasteiger partial charge is 0.379 e. The predicted molar refractivity (Wildman–Crippen MR) is 100 cm³/mol. The molecule has 0 aromatic rings. The van der Waals surface area contributed by atoms with Crippen molar-refractivity contribution in [1.29, 1.82) is 0 Å². The molecule has 0 fully saturated rings. The summed E-state index contributed by atoms with van der Waals surface area (Å²) < 4.78 is 11.9. The van der Waals surface area contributed by atoms with Gasteiger partial charge in [-0.25, -0.2) is 9.78 Å². The molecule has 0 saturated heterocycles. The van der Waals surface area contributed by atoms with E-state index < -0.39 is 0 Å². The van der Waals surface area contributed by atoms with Crippen LogP contribution >= 0.6 is 0 Å². The van der Waals surface area contributed by atoms with Gasteiger partial charge in [0.15, 0.2) is 0 Å². The quantitative estimate of drug-likeness (QED) is 0.209. The van der Waals surface area contributed by atoms with E-state index >= 15 is 0 Å². The van der Waals surface area contributed by atoms with Gasteiger partial charge in [0.05, 0.1) is 13.2 Å². The molecule has 4 heteroatoms. The van der Waals surface area contributed by atoms with E-state index in [1.165, 1.54) is 25.7 Å². The van der Waals surface area contributed by atoms with Crippen molar-refractivity contribution in [2.75, 3.05) is 26.4 Å². The molecule has 0 rings (SSSR count). The van der Waals surface area contributed by atoms with Crippen LogP contribution in [0.5, 0.6) is 0 Å². The lowest BCUT2D eigenvalue weighted by atomic mass is 9.99. The summed E-state index contributed by atoms with van der Waals surface area (Å²) in [5.74, 6) is 0. The Labute approximate surface area is 150 Å². The molecule has 0 aromatic heterocycles. The third kappa shape index (κ3) is 14.2. The van der Waals surface area contributed by atoms with Gasteiger partial charge in [-0.15, -0.1) is 0 Å². The fourth-order valence-corrected chi connectivity index (χ4v) is 2.19. The van der Waals surface area contributed by atoms with Gasteiger partial charge in [-0.1, -0.05) is 67.2 Å². The van der Waals surface area contributed by atoms with Crippen LogP contribution in [0.3, 0.4) is 0 Å². The number of hydrogen-bond acceptors (Lipinski definition) is 4. The van der Waals surface area contributed by atoms with Crippen LogP contribution in [0.4, 0.5) is 0 Å². The van der Waals surface area contributed by atoms with Crippen LogP contribution in [0.1, 0.15) is 86.5 Å². The van der Waals surface area contributed by atoms with Crippen molar-refractivity contribution in [3.8, 4) is 0 Å². The van der Waals surface area contributed by atoms with Gasteiger partial charge in [0.1, 0.15) is 12.2 Å². The summed E-state index contributed by atoms with van der Waals surface area (Å²) in [5.41, 5.74) is 0.0897. The molecule has 0 amide bonds. The average molecular weight is 347 g/mol. The Morgan fingerprint density at radius 1 is 0.792 bits per heavy atom. The summed E-state index contributed by atoms with van der Waals surface area (Å²) in [6, 6.07) is 0. The molecule has 0 heterocycles. The molecule has 0 bridgehead atoms. The van der Waals surface area contributed by atoms with Gasteiger partial charge in [-0.2, -0.15) is 0 Å². The van der Waals surface area contributed by atoms with Crippen LogP contribution in [0.2, 0.25) is 0 Å². The monoisotopic (exact) mass is 346 g/mol. The minimum Gasteiger partial charge on any atom is -0.379 e. The molecule has 4 nitrogen and oxygen atoms in total. The SMILES string of the molecule is CCCCCOCC(OCCCCC)C(CC)OOCC(C)(C)C. The van der Waals surface area contributed by atoms with E-state index in [4.69, 9.17) is 19.2 Å². The van der Waals surface area contributed by atoms with Gasteiger partial charge >= 0.3 is 0 Å². The zero-order valence-electron chi connectivity index (χ0n) is 17.1. The van der Waals surface area contributed by atoms with Crippen LogP contribution in [0, 0.1) is 5.41 Å². The average Bonchev–Trinajstić information content (AvgIpc) is 2.53. The third-order valence-electron chi connectivity index (χ3n) is 3.75. The molecule has 146 valence electrons. The molecule has 0 aromatic carbocycles. The van der Waals surface area contributed by atoms with Crippen LogP contribution in [0.25, 0.3) is 0 Å². The minimum absolute atomic E-state index is 0.0616. The van der Waals surface area contributed by atoms with E-state index in [0.29, 0.717) is 13.2 Å². The van der Waals surface area contributed by atoms with Gasteiger partial charge in [0.25, 0.3) is 0 Å². The summed E-state index contributed by atoms with van der Waals surface area (Å²) in [7, 11) is 0. The second-order valence-electron chi connectivity index (χ2n) is 7.76. The van der Waals surface area contributed by atoms with Crippen molar-refractivity contribution in [3.63, 3.8) is 0 Å². The Kier molecular flexibility index (Phi) is 15.0. The topological polar surface area (TPSA) is 36.9 Å². The molecule has 2 atom stereocenters. The van der Waals surface area contributed by atoms with Crippen LogP contribution < -0.4 is 0 Å². The molecule has 0 saturated carbocycles. The van der Waals surface area contributed by atoms with Crippen LogP contribution in [-0.4, -0.2) is 38.6 Å². The first-order chi connectivity index (χ1) is 11.4. The molecule has 0 spiro atoms. The van der Waals surface area contributed by atoms with E-state index in [2.05, 4.69) is 41.5 Å². The van der Waals surface area contributed by atoms with Crippen molar-refractivity contribution in [2.45, 2.75) is 98.7 Å². The Morgan fingerprint density at radius 3 is 1.96 bits per heavy atom. The van der Waals surface area contributed by atoms with Gasteiger partial charge in [0.2, 0.25) is 0 Å². The highest BCUT2D eigenvalue weighted by atomic mass is 17.2. The van der Waals surface area contributed by atoms with Crippen molar-refractivity contribution in [1.82, 2.24) is 0 Å². The van der Waals surface area contributed by atoms with Crippen LogP contribution in [0.15, 0.2) is 0 Å². The minimum atomic E-state index is -0.0832. The molecular formula is C20H42O4. The third-order valence-corrected chi connectivity index (χ3v) is 3.75. The number of hydrogen-bond donors (Lipinski definition) is 0. The fraction of sp³-hybridized carbons (Fsp3) is 1.00. The fourth-order valence-electron chi connectivity index (χ4n) is 2.19. The van der Waals surface area contributed by atoms with Crippen molar-refractivity contribution >= 4 is 0 Å². The maximum atomic E-state index is 6.06. The van der Waals surface area contributed by atoms with E-state index in [1.807, 2.05) is 0 Å². The van der Waals surface area contributed by atoms with Gasteiger partial charge in [-0.3, -0.25) is 0 Å². The Morgan fingerprint density at radius 2 is 1.42 bits per heavy atom. The highest BCUT2D eigenvalue weighted by Crippen LogP contribution is 2.16. The van der Waals surface area contributed by atoms with Crippen LogP contribution in [-0.2, 0) is 19.2 Å². The summed E-state index contributed by atoms with van der Waals surface area (Å²) in [6.07, 6.45) is 7.71. The Bertz CT molecular complexity index is 263. The summed E-state index contributed by atoms with van der Waals surface area (Å²) in [5, 5.41) is 0. The van der Waals surface area contributed by atoms with E-state index in [-0.39, 0.29) is 17.6 Å².